The Morgan fingerprint density at radius 3 is 2.70 bits per heavy atom. The molecule has 2 atom stereocenters. The van der Waals surface area contributed by atoms with Gasteiger partial charge in [0.1, 0.15) is 11.5 Å². The Morgan fingerprint density at radius 1 is 1.33 bits per heavy atom. The first-order chi connectivity index (χ1) is 12.9. The number of rotatable bonds is 5. The molecule has 2 heterocycles. The molecule has 0 unspecified atom stereocenters. The summed E-state index contributed by atoms with van der Waals surface area (Å²) in [5.74, 6) is -1.33. The van der Waals surface area contributed by atoms with Crippen molar-refractivity contribution < 1.29 is 23.5 Å². The number of hydrogen-bond acceptors (Lipinski definition) is 5. The maximum atomic E-state index is 13.6. The summed E-state index contributed by atoms with van der Waals surface area (Å²) in [6, 6.07) is 4.08. The standard InChI is InChI=1S/C19H24FN3O4/c1-11-9-23(10-12(2)27-11)7-6-16(24)22-17-14-8-13(20)4-5-15(14)21-18(17)19(25)26-3/h4-5,8,11-12,21H,6-7,9-10H2,1-3H3,(H,22,24)/t11-,12-/m1/s1. The van der Waals surface area contributed by atoms with E-state index in [1.165, 1.54) is 25.3 Å². The Balaban J connectivity index is 1.74. The number of esters is 1. The SMILES string of the molecule is COC(=O)c1[nH]c2ccc(F)cc2c1NC(=O)CCN1C[C@@H](C)O[C@H](C)C1. The minimum absolute atomic E-state index is 0.0973. The second-order valence-electron chi connectivity index (χ2n) is 6.87. The first-order valence-corrected chi connectivity index (χ1v) is 8.94. The fourth-order valence-electron chi connectivity index (χ4n) is 3.48. The predicted molar refractivity (Wildman–Crippen MR) is 99.3 cm³/mol. The number of aromatic amines is 1. The lowest BCUT2D eigenvalue weighted by Crippen LogP contribution is -2.46. The van der Waals surface area contributed by atoms with E-state index in [0.717, 1.165) is 13.1 Å². The number of fused-ring (bicyclic) bond motifs is 1. The van der Waals surface area contributed by atoms with Crippen LogP contribution in [0.1, 0.15) is 30.8 Å². The molecule has 1 amide bonds. The molecule has 146 valence electrons. The number of ether oxygens (including phenoxy) is 2. The van der Waals surface area contributed by atoms with Gasteiger partial charge in [0.2, 0.25) is 5.91 Å². The number of nitrogens with zero attached hydrogens (tertiary/aromatic N) is 1. The van der Waals surface area contributed by atoms with E-state index in [-0.39, 0.29) is 35.9 Å². The minimum atomic E-state index is -0.627. The zero-order valence-corrected chi connectivity index (χ0v) is 15.7. The van der Waals surface area contributed by atoms with E-state index in [0.29, 0.717) is 17.4 Å². The topological polar surface area (TPSA) is 83.7 Å². The molecule has 0 bridgehead atoms. The fourth-order valence-corrected chi connectivity index (χ4v) is 3.48. The summed E-state index contributed by atoms with van der Waals surface area (Å²) < 4.78 is 24.1. The number of benzene rings is 1. The molecule has 1 aromatic heterocycles. The number of carbonyl (C=O) groups is 2. The van der Waals surface area contributed by atoms with Crippen molar-refractivity contribution in [3.8, 4) is 0 Å². The molecule has 1 aliphatic rings. The lowest BCUT2D eigenvalue weighted by Gasteiger charge is -2.35. The van der Waals surface area contributed by atoms with Crippen LogP contribution in [0.25, 0.3) is 10.9 Å². The first-order valence-electron chi connectivity index (χ1n) is 8.94. The Kier molecular flexibility index (Phi) is 5.76. The van der Waals surface area contributed by atoms with E-state index < -0.39 is 11.8 Å². The van der Waals surface area contributed by atoms with Gasteiger partial charge in [0.15, 0.2) is 0 Å². The quantitative estimate of drug-likeness (QED) is 0.783. The number of halogens is 1. The summed E-state index contributed by atoms with van der Waals surface area (Å²) in [7, 11) is 1.25. The monoisotopic (exact) mass is 377 g/mol. The predicted octanol–water partition coefficient (Wildman–Crippen LogP) is 2.53. The van der Waals surface area contributed by atoms with Gasteiger partial charge in [-0.2, -0.15) is 0 Å². The third kappa shape index (κ3) is 4.45. The number of methoxy groups -OCH3 is 1. The molecule has 0 saturated carbocycles. The fraction of sp³-hybridized carbons (Fsp3) is 0.474. The molecule has 1 aliphatic heterocycles. The van der Waals surface area contributed by atoms with E-state index in [1.807, 2.05) is 13.8 Å². The van der Waals surface area contributed by atoms with Crippen LogP contribution in [-0.4, -0.2) is 60.7 Å². The largest absolute Gasteiger partial charge is 0.464 e. The molecule has 1 aromatic carbocycles. The van der Waals surface area contributed by atoms with Crippen LogP contribution in [0.4, 0.5) is 10.1 Å². The molecule has 1 fully saturated rings. The van der Waals surface area contributed by atoms with E-state index in [2.05, 4.69) is 15.2 Å². The average molecular weight is 377 g/mol. The average Bonchev–Trinajstić information content (AvgIpc) is 2.96. The van der Waals surface area contributed by atoms with Crippen molar-refractivity contribution in [2.75, 3.05) is 32.1 Å². The molecular formula is C19H24FN3O4. The van der Waals surface area contributed by atoms with Crippen LogP contribution < -0.4 is 5.32 Å². The lowest BCUT2D eigenvalue weighted by atomic mass is 10.2. The summed E-state index contributed by atoms with van der Waals surface area (Å²) in [5.41, 5.74) is 0.882. The number of nitrogens with one attached hydrogen (secondary N) is 2. The number of carbonyl (C=O) groups excluding carboxylic acids is 2. The molecule has 2 aromatic rings. The van der Waals surface area contributed by atoms with Gasteiger partial charge in [0.05, 0.1) is 25.0 Å². The van der Waals surface area contributed by atoms with Crippen molar-refractivity contribution in [3.63, 3.8) is 0 Å². The van der Waals surface area contributed by atoms with Gasteiger partial charge in [-0.25, -0.2) is 9.18 Å². The summed E-state index contributed by atoms with van der Waals surface area (Å²) in [4.78, 5) is 29.6. The number of anilines is 1. The van der Waals surface area contributed by atoms with Crippen molar-refractivity contribution in [2.24, 2.45) is 0 Å². The molecule has 1 saturated heterocycles. The Hall–Kier alpha value is -2.45. The summed E-state index contributed by atoms with van der Waals surface area (Å²) in [5, 5.41) is 3.17. The number of aromatic nitrogens is 1. The molecular weight excluding hydrogens is 353 g/mol. The molecule has 27 heavy (non-hydrogen) atoms. The number of hydrogen-bond donors (Lipinski definition) is 2. The summed E-state index contributed by atoms with van der Waals surface area (Å²) in [6.45, 7) is 6.12. The minimum Gasteiger partial charge on any atom is -0.464 e. The van der Waals surface area contributed by atoms with Crippen LogP contribution in [-0.2, 0) is 14.3 Å². The Bertz CT molecular complexity index is 841. The van der Waals surface area contributed by atoms with Crippen molar-refractivity contribution in [2.45, 2.75) is 32.5 Å². The third-order valence-corrected chi connectivity index (χ3v) is 4.56. The summed E-state index contributed by atoms with van der Waals surface area (Å²) >= 11 is 0. The van der Waals surface area contributed by atoms with Crippen molar-refractivity contribution in [3.05, 3.63) is 29.7 Å². The highest BCUT2D eigenvalue weighted by molar-refractivity contribution is 6.10. The third-order valence-electron chi connectivity index (χ3n) is 4.56. The van der Waals surface area contributed by atoms with Crippen molar-refractivity contribution in [1.29, 1.82) is 0 Å². The second-order valence-corrected chi connectivity index (χ2v) is 6.87. The second kappa shape index (κ2) is 8.06. The zero-order valence-electron chi connectivity index (χ0n) is 15.7. The number of amides is 1. The van der Waals surface area contributed by atoms with Crippen LogP contribution in [0.5, 0.6) is 0 Å². The van der Waals surface area contributed by atoms with Gasteiger partial charge in [-0.1, -0.05) is 0 Å². The highest BCUT2D eigenvalue weighted by Crippen LogP contribution is 2.29. The van der Waals surface area contributed by atoms with Crippen LogP contribution in [0, 0.1) is 5.82 Å². The van der Waals surface area contributed by atoms with Gasteiger partial charge >= 0.3 is 5.97 Å². The van der Waals surface area contributed by atoms with Crippen LogP contribution in [0.2, 0.25) is 0 Å². The maximum Gasteiger partial charge on any atom is 0.356 e. The Morgan fingerprint density at radius 2 is 2.04 bits per heavy atom. The molecule has 8 heteroatoms. The molecule has 7 nitrogen and oxygen atoms in total. The van der Waals surface area contributed by atoms with Crippen LogP contribution in [0.3, 0.4) is 0 Å². The lowest BCUT2D eigenvalue weighted by molar-refractivity contribution is -0.117. The van der Waals surface area contributed by atoms with E-state index in [4.69, 9.17) is 9.47 Å². The van der Waals surface area contributed by atoms with Gasteiger partial charge in [-0.3, -0.25) is 9.69 Å². The van der Waals surface area contributed by atoms with Crippen molar-refractivity contribution in [1.82, 2.24) is 9.88 Å². The molecule has 0 aliphatic carbocycles. The first kappa shape index (κ1) is 19.3. The summed E-state index contributed by atoms with van der Waals surface area (Å²) in [6.07, 6.45) is 0.501. The maximum absolute atomic E-state index is 13.6. The van der Waals surface area contributed by atoms with Gasteiger partial charge in [-0.15, -0.1) is 0 Å². The normalized spacial score (nSPS) is 20.6. The highest BCUT2D eigenvalue weighted by atomic mass is 19.1. The van der Waals surface area contributed by atoms with Crippen LogP contribution >= 0.6 is 0 Å². The smallest absolute Gasteiger partial charge is 0.356 e. The molecule has 3 rings (SSSR count). The Labute approximate surface area is 156 Å². The van der Waals surface area contributed by atoms with Gasteiger partial charge < -0.3 is 19.8 Å². The van der Waals surface area contributed by atoms with E-state index in [9.17, 15) is 14.0 Å². The molecule has 0 spiro atoms. The number of morpholine rings is 1. The molecule has 0 radical (unpaired) electrons. The van der Waals surface area contributed by atoms with Crippen molar-refractivity contribution >= 4 is 28.5 Å². The van der Waals surface area contributed by atoms with E-state index >= 15 is 0 Å². The van der Waals surface area contributed by atoms with Gasteiger partial charge in [0.25, 0.3) is 0 Å². The van der Waals surface area contributed by atoms with E-state index in [1.54, 1.807) is 0 Å². The van der Waals surface area contributed by atoms with Gasteiger partial charge in [0, 0.05) is 37.0 Å². The highest BCUT2D eigenvalue weighted by Gasteiger charge is 2.24. The van der Waals surface area contributed by atoms with Crippen LogP contribution in [0.15, 0.2) is 18.2 Å². The van der Waals surface area contributed by atoms with Gasteiger partial charge in [-0.05, 0) is 32.0 Å². The zero-order chi connectivity index (χ0) is 19.6. The number of H-pyrrole nitrogens is 1. The molecule has 2 N–H and O–H groups in total.